The summed E-state index contributed by atoms with van der Waals surface area (Å²) in [5.74, 6) is 0. The largest absolute Gasteiger partial charge is 0.327 e. The molecule has 0 aliphatic rings. The van der Waals surface area contributed by atoms with E-state index in [1.54, 1.807) is 0 Å². The van der Waals surface area contributed by atoms with Gasteiger partial charge in [-0.1, -0.05) is 90.9 Å². The molecule has 0 radical (unpaired) electrons. The Balaban J connectivity index is 3.13. The van der Waals surface area contributed by atoms with Crippen molar-refractivity contribution < 1.29 is 4.57 Å². The van der Waals surface area contributed by atoms with E-state index >= 15 is 0 Å². The van der Waals surface area contributed by atoms with Crippen molar-refractivity contribution in [2.45, 2.75) is 104 Å². The minimum absolute atomic E-state index is 1.02. The quantitative estimate of drug-likeness (QED) is 0.220. The predicted molar refractivity (Wildman–Crippen MR) is 94.7 cm³/mol. The number of unbranched alkanes of at least 4 members (excludes halogenated alkanes) is 12. The summed E-state index contributed by atoms with van der Waals surface area (Å²) in [5.41, 5.74) is 0. The number of hydrogen-bond donors (Lipinski definition) is 0. The summed E-state index contributed by atoms with van der Waals surface area (Å²) in [6, 6.07) is 0. The van der Waals surface area contributed by atoms with Crippen LogP contribution in [-0.4, -0.2) is 12.3 Å². The van der Waals surface area contributed by atoms with Crippen LogP contribution >= 0.6 is 7.80 Å². The van der Waals surface area contributed by atoms with Gasteiger partial charge in [-0.3, -0.25) is 0 Å². The molecule has 0 aliphatic carbocycles. The van der Waals surface area contributed by atoms with Crippen LogP contribution in [-0.2, 0) is 4.57 Å². The average molecular weight is 302 g/mol. The Hall–Kier alpha value is 0.230. The summed E-state index contributed by atoms with van der Waals surface area (Å²) in [4.78, 5) is 0. The lowest BCUT2D eigenvalue weighted by molar-refractivity contribution is 0.571. The topological polar surface area (TPSA) is 17.1 Å². The van der Waals surface area contributed by atoms with Crippen LogP contribution in [0, 0.1) is 0 Å². The highest BCUT2D eigenvalue weighted by molar-refractivity contribution is 7.44. The summed E-state index contributed by atoms with van der Waals surface area (Å²) in [6.07, 6.45) is 20.7. The first kappa shape index (κ1) is 20.2. The maximum absolute atomic E-state index is 11.9. The van der Waals surface area contributed by atoms with Gasteiger partial charge in [0.25, 0.3) is 0 Å². The Labute approximate surface area is 129 Å². The van der Waals surface area contributed by atoms with Crippen LogP contribution in [0.25, 0.3) is 0 Å². The molecule has 0 heterocycles. The van der Waals surface area contributed by atoms with E-state index in [4.69, 9.17) is 0 Å². The second-order valence-electron chi connectivity index (χ2n) is 6.28. The first-order valence-electron chi connectivity index (χ1n) is 9.33. The molecule has 0 aromatic rings. The van der Waals surface area contributed by atoms with Gasteiger partial charge in [-0.25, -0.2) is 0 Å². The first-order valence-corrected chi connectivity index (χ1v) is 11.1. The van der Waals surface area contributed by atoms with E-state index in [-0.39, 0.29) is 0 Å². The molecule has 0 rings (SSSR count). The SMILES string of the molecule is CCCCCCCCC[PH](=O)CCCCCCCCC. The average Bonchev–Trinajstić information content (AvgIpc) is 2.45. The molecule has 0 spiro atoms. The number of hydrogen-bond acceptors (Lipinski definition) is 1. The highest BCUT2D eigenvalue weighted by atomic mass is 31.1. The Bertz CT molecular complexity index is 184. The van der Waals surface area contributed by atoms with Crippen LogP contribution in [0.15, 0.2) is 0 Å². The molecular weight excluding hydrogens is 263 g/mol. The van der Waals surface area contributed by atoms with E-state index in [0.717, 1.165) is 12.3 Å². The van der Waals surface area contributed by atoms with Crippen molar-refractivity contribution in [2.75, 3.05) is 12.3 Å². The third-order valence-electron chi connectivity index (χ3n) is 4.12. The van der Waals surface area contributed by atoms with E-state index < -0.39 is 7.80 Å². The zero-order valence-corrected chi connectivity index (χ0v) is 15.2. The minimum Gasteiger partial charge on any atom is -0.327 e. The van der Waals surface area contributed by atoms with Gasteiger partial charge in [-0.05, 0) is 25.2 Å². The second-order valence-corrected chi connectivity index (χ2v) is 8.36. The summed E-state index contributed by atoms with van der Waals surface area (Å²) < 4.78 is 11.9. The molecule has 1 nitrogen and oxygen atoms in total. The molecule has 122 valence electrons. The zero-order chi connectivity index (χ0) is 14.9. The maximum atomic E-state index is 11.9. The van der Waals surface area contributed by atoms with Crippen molar-refractivity contribution in [3.8, 4) is 0 Å². The van der Waals surface area contributed by atoms with Crippen molar-refractivity contribution in [3.63, 3.8) is 0 Å². The highest BCUT2D eigenvalue weighted by Gasteiger charge is 2.00. The predicted octanol–water partition coefficient (Wildman–Crippen LogP) is 7.05. The standard InChI is InChI=1S/C18H39OP/c1-3-5-7-9-11-13-15-17-20(19)18-16-14-12-10-8-6-4-2/h20H,3-18H2,1-2H3. The Morgan fingerprint density at radius 1 is 0.500 bits per heavy atom. The van der Waals surface area contributed by atoms with E-state index in [9.17, 15) is 4.57 Å². The van der Waals surface area contributed by atoms with Gasteiger partial charge in [-0.2, -0.15) is 0 Å². The van der Waals surface area contributed by atoms with Crippen LogP contribution in [0.3, 0.4) is 0 Å². The lowest BCUT2D eigenvalue weighted by Gasteiger charge is -2.03. The minimum atomic E-state index is -1.23. The van der Waals surface area contributed by atoms with E-state index in [0.29, 0.717) is 0 Å². The summed E-state index contributed by atoms with van der Waals surface area (Å²) >= 11 is 0. The molecule has 0 bridgehead atoms. The molecule has 2 heteroatoms. The van der Waals surface area contributed by atoms with Gasteiger partial charge < -0.3 is 4.57 Å². The van der Waals surface area contributed by atoms with E-state index in [1.165, 1.54) is 89.9 Å². The van der Waals surface area contributed by atoms with Crippen molar-refractivity contribution >= 4 is 7.80 Å². The first-order chi connectivity index (χ1) is 9.81. The van der Waals surface area contributed by atoms with Crippen LogP contribution in [0.1, 0.15) is 104 Å². The third kappa shape index (κ3) is 16.3. The lowest BCUT2D eigenvalue weighted by Crippen LogP contribution is -1.87. The van der Waals surface area contributed by atoms with Crippen LogP contribution < -0.4 is 0 Å². The van der Waals surface area contributed by atoms with Crippen molar-refractivity contribution in [2.24, 2.45) is 0 Å². The fourth-order valence-electron chi connectivity index (χ4n) is 2.68. The van der Waals surface area contributed by atoms with Crippen LogP contribution in [0.4, 0.5) is 0 Å². The fourth-order valence-corrected chi connectivity index (χ4v) is 4.22. The van der Waals surface area contributed by atoms with E-state index in [2.05, 4.69) is 13.8 Å². The summed E-state index contributed by atoms with van der Waals surface area (Å²) in [7, 11) is -1.23. The van der Waals surface area contributed by atoms with Crippen molar-refractivity contribution in [1.29, 1.82) is 0 Å². The normalized spacial score (nSPS) is 11.3. The molecule has 20 heavy (non-hydrogen) atoms. The third-order valence-corrected chi connectivity index (χ3v) is 5.94. The van der Waals surface area contributed by atoms with Gasteiger partial charge in [-0.15, -0.1) is 0 Å². The molecule has 0 aliphatic heterocycles. The van der Waals surface area contributed by atoms with Crippen LogP contribution in [0.5, 0.6) is 0 Å². The molecule has 0 atom stereocenters. The van der Waals surface area contributed by atoms with Crippen molar-refractivity contribution in [3.05, 3.63) is 0 Å². The second kappa shape index (κ2) is 17.3. The molecule has 0 aromatic carbocycles. The molecule has 0 saturated heterocycles. The van der Waals surface area contributed by atoms with E-state index in [1.807, 2.05) is 0 Å². The van der Waals surface area contributed by atoms with Gasteiger partial charge in [0.05, 0.1) is 7.80 Å². The highest BCUT2D eigenvalue weighted by Crippen LogP contribution is 2.25. The fraction of sp³-hybridized carbons (Fsp3) is 1.00. The van der Waals surface area contributed by atoms with Gasteiger partial charge >= 0.3 is 0 Å². The molecule has 0 aromatic heterocycles. The molecule has 0 unspecified atom stereocenters. The maximum Gasteiger partial charge on any atom is 0.0762 e. The Kier molecular flexibility index (Phi) is 17.5. The van der Waals surface area contributed by atoms with Crippen molar-refractivity contribution in [1.82, 2.24) is 0 Å². The molecular formula is C18H39OP. The van der Waals surface area contributed by atoms with Crippen LogP contribution in [0.2, 0.25) is 0 Å². The van der Waals surface area contributed by atoms with Gasteiger partial charge in [0.2, 0.25) is 0 Å². The van der Waals surface area contributed by atoms with Gasteiger partial charge in [0.15, 0.2) is 0 Å². The molecule has 0 saturated carbocycles. The Morgan fingerprint density at radius 2 is 0.800 bits per heavy atom. The zero-order valence-electron chi connectivity index (χ0n) is 14.2. The summed E-state index contributed by atoms with van der Waals surface area (Å²) in [6.45, 7) is 4.52. The smallest absolute Gasteiger partial charge is 0.0762 e. The molecule has 0 amide bonds. The van der Waals surface area contributed by atoms with Gasteiger partial charge in [0.1, 0.15) is 0 Å². The molecule has 0 N–H and O–H groups in total. The Morgan fingerprint density at radius 3 is 1.15 bits per heavy atom. The van der Waals surface area contributed by atoms with Gasteiger partial charge in [0, 0.05) is 0 Å². The summed E-state index contributed by atoms with van der Waals surface area (Å²) in [5, 5.41) is 0. The molecule has 0 fully saturated rings. The number of rotatable bonds is 16. The lowest BCUT2D eigenvalue weighted by atomic mass is 10.1. The monoisotopic (exact) mass is 302 g/mol.